The second kappa shape index (κ2) is 5.95. The van der Waals surface area contributed by atoms with Crippen molar-refractivity contribution in [1.82, 2.24) is 20.2 Å². The van der Waals surface area contributed by atoms with Crippen LogP contribution in [0.2, 0.25) is 0 Å². The van der Waals surface area contributed by atoms with Crippen LogP contribution >= 0.6 is 0 Å². The van der Waals surface area contributed by atoms with Crippen molar-refractivity contribution >= 4 is 5.91 Å². The van der Waals surface area contributed by atoms with Crippen molar-refractivity contribution in [3.63, 3.8) is 0 Å². The Hall–Kier alpha value is -1.36. The Labute approximate surface area is 120 Å². The van der Waals surface area contributed by atoms with E-state index in [4.69, 9.17) is 0 Å². The van der Waals surface area contributed by atoms with Crippen molar-refractivity contribution in [3.8, 4) is 0 Å². The monoisotopic (exact) mass is 276 g/mol. The van der Waals surface area contributed by atoms with E-state index >= 15 is 0 Å². The predicted molar refractivity (Wildman–Crippen MR) is 77.3 cm³/mol. The minimum Gasteiger partial charge on any atom is -0.349 e. The number of aromatic amines is 1. The highest BCUT2D eigenvalue weighted by Gasteiger charge is 2.39. The van der Waals surface area contributed by atoms with Gasteiger partial charge in [-0.25, -0.2) is 4.98 Å². The summed E-state index contributed by atoms with van der Waals surface area (Å²) in [6.07, 6.45) is 9.81. The summed E-state index contributed by atoms with van der Waals surface area (Å²) >= 11 is 0. The van der Waals surface area contributed by atoms with E-state index in [1.165, 1.54) is 12.8 Å². The molecule has 3 rings (SSSR count). The van der Waals surface area contributed by atoms with Gasteiger partial charge in [-0.3, -0.25) is 4.79 Å². The molecule has 3 heterocycles. The van der Waals surface area contributed by atoms with Crippen molar-refractivity contribution in [1.29, 1.82) is 0 Å². The second-order valence-electron chi connectivity index (χ2n) is 6.20. The molecule has 2 saturated heterocycles. The molecule has 2 N–H and O–H groups in total. The molecule has 2 aliphatic rings. The number of carbonyl (C=O) groups is 1. The van der Waals surface area contributed by atoms with Gasteiger partial charge in [-0.2, -0.15) is 0 Å². The van der Waals surface area contributed by atoms with Crippen LogP contribution in [-0.2, 0) is 11.2 Å². The largest absolute Gasteiger partial charge is 0.349 e. The van der Waals surface area contributed by atoms with Gasteiger partial charge in [-0.15, -0.1) is 0 Å². The molecule has 0 atom stereocenters. The van der Waals surface area contributed by atoms with Crippen LogP contribution in [0.25, 0.3) is 0 Å². The molecule has 0 radical (unpaired) electrons. The lowest BCUT2D eigenvalue weighted by atomic mass is 9.72. The average molecular weight is 276 g/mol. The van der Waals surface area contributed by atoms with E-state index in [-0.39, 0.29) is 0 Å². The lowest BCUT2D eigenvalue weighted by Gasteiger charge is -2.45. The van der Waals surface area contributed by atoms with Crippen molar-refractivity contribution < 1.29 is 4.79 Å². The maximum atomic E-state index is 12.1. The minimum atomic E-state index is 0.341. The zero-order chi connectivity index (χ0) is 13.8. The molecular weight excluding hydrogens is 252 g/mol. The van der Waals surface area contributed by atoms with E-state index in [2.05, 4.69) is 20.2 Å². The maximum Gasteiger partial charge on any atom is 0.222 e. The van der Waals surface area contributed by atoms with Crippen LogP contribution in [0.1, 0.15) is 37.9 Å². The van der Waals surface area contributed by atoms with Crippen molar-refractivity contribution in [2.45, 2.75) is 38.5 Å². The summed E-state index contributed by atoms with van der Waals surface area (Å²) in [5.41, 5.74) is 0.393. The topological polar surface area (TPSA) is 61.0 Å². The Bertz CT molecular complexity index is 437. The third-order valence-electron chi connectivity index (χ3n) is 4.81. The summed E-state index contributed by atoms with van der Waals surface area (Å²) < 4.78 is 0. The SMILES string of the molecule is O=C1CCC2(CCNCC2)CN1CCCc1ncc[nH]1. The molecule has 0 bridgehead atoms. The number of aromatic nitrogens is 2. The number of likely N-dealkylation sites (tertiary alicyclic amines) is 1. The fourth-order valence-corrected chi connectivity index (χ4v) is 3.54. The third-order valence-corrected chi connectivity index (χ3v) is 4.81. The lowest BCUT2D eigenvalue weighted by Crippen LogP contribution is -2.50. The molecule has 0 saturated carbocycles. The number of nitrogens with zero attached hydrogens (tertiary/aromatic N) is 2. The van der Waals surface area contributed by atoms with Crippen LogP contribution in [0.5, 0.6) is 0 Å². The van der Waals surface area contributed by atoms with E-state index < -0.39 is 0 Å². The number of H-pyrrole nitrogens is 1. The highest BCUT2D eigenvalue weighted by Crippen LogP contribution is 2.38. The molecule has 0 unspecified atom stereocenters. The molecule has 2 fully saturated rings. The molecule has 1 amide bonds. The molecule has 0 aliphatic carbocycles. The van der Waals surface area contributed by atoms with Gasteiger partial charge in [0.25, 0.3) is 0 Å². The van der Waals surface area contributed by atoms with Crippen LogP contribution in [-0.4, -0.2) is 47.0 Å². The highest BCUT2D eigenvalue weighted by atomic mass is 16.2. The summed E-state index contributed by atoms with van der Waals surface area (Å²) in [4.78, 5) is 21.5. The molecule has 110 valence electrons. The summed E-state index contributed by atoms with van der Waals surface area (Å²) in [6.45, 7) is 4.04. The Balaban J connectivity index is 1.52. The summed E-state index contributed by atoms with van der Waals surface area (Å²) in [6, 6.07) is 0. The first-order valence-corrected chi connectivity index (χ1v) is 7.74. The summed E-state index contributed by atoms with van der Waals surface area (Å²) in [7, 11) is 0. The molecule has 5 heteroatoms. The Kier molecular flexibility index (Phi) is 4.05. The van der Waals surface area contributed by atoms with Gasteiger partial charge in [0.05, 0.1) is 0 Å². The molecule has 1 aromatic heterocycles. The molecule has 1 aromatic rings. The van der Waals surface area contributed by atoms with Crippen LogP contribution in [0, 0.1) is 5.41 Å². The van der Waals surface area contributed by atoms with Gasteiger partial charge in [0.2, 0.25) is 5.91 Å². The molecular formula is C15H24N4O. The van der Waals surface area contributed by atoms with Crippen LogP contribution in [0.15, 0.2) is 12.4 Å². The van der Waals surface area contributed by atoms with Crippen molar-refractivity contribution in [2.75, 3.05) is 26.2 Å². The number of imidazole rings is 1. The van der Waals surface area contributed by atoms with Gasteiger partial charge < -0.3 is 15.2 Å². The number of hydrogen-bond acceptors (Lipinski definition) is 3. The number of aryl methyl sites for hydroxylation is 1. The average Bonchev–Trinajstić information content (AvgIpc) is 2.97. The first-order valence-electron chi connectivity index (χ1n) is 7.74. The van der Waals surface area contributed by atoms with Gasteiger partial charge in [0.1, 0.15) is 5.82 Å². The van der Waals surface area contributed by atoms with Gasteiger partial charge >= 0.3 is 0 Å². The standard InChI is InChI=1S/C15H24N4O/c20-14-3-4-15(5-7-16-8-6-15)12-19(14)11-1-2-13-17-9-10-18-13/h9-10,16H,1-8,11-12H2,(H,17,18). The zero-order valence-corrected chi connectivity index (χ0v) is 12.0. The number of hydrogen-bond donors (Lipinski definition) is 2. The van der Waals surface area contributed by atoms with Crippen molar-refractivity contribution in [2.24, 2.45) is 5.41 Å². The first kappa shape index (κ1) is 13.6. The highest BCUT2D eigenvalue weighted by molar-refractivity contribution is 5.77. The van der Waals surface area contributed by atoms with E-state index in [1.54, 1.807) is 6.20 Å². The minimum absolute atomic E-state index is 0.341. The summed E-state index contributed by atoms with van der Waals surface area (Å²) in [5.74, 6) is 1.36. The smallest absolute Gasteiger partial charge is 0.222 e. The van der Waals surface area contributed by atoms with Gasteiger partial charge in [-0.1, -0.05) is 0 Å². The maximum absolute atomic E-state index is 12.1. The summed E-state index contributed by atoms with van der Waals surface area (Å²) in [5, 5.41) is 3.43. The van der Waals surface area contributed by atoms with Crippen LogP contribution in [0.3, 0.4) is 0 Å². The van der Waals surface area contributed by atoms with Gasteiger partial charge in [-0.05, 0) is 44.2 Å². The number of carbonyl (C=O) groups excluding carboxylic acids is 1. The normalized spacial score (nSPS) is 22.4. The van der Waals surface area contributed by atoms with E-state index in [9.17, 15) is 4.79 Å². The predicted octanol–water partition coefficient (Wildman–Crippen LogP) is 1.33. The van der Waals surface area contributed by atoms with Crippen LogP contribution < -0.4 is 5.32 Å². The number of amides is 1. The Morgan fingerprint density at radius 2 is 2.15 bits per heavy atom. The Morgan fingerprint density at radius 3 is 2.90 bits per heavy atom. The number of rotatable bonds is 4. The quantitative estimate of drug-likeness (QED) is 0.872. The van der Waals surface area contributed by atoms with E-state index in [0.717, 1.165) is 57.7 Å². The Morgan fingerprint density at radius 1 is 1.30 bits per heavy atom. The van der Waals surface area contributed by atoms with Gasteiger partial charge in [0, 0.05) is 38.3 Å². The van der Waals surface area contributed by atoms with Crippen LogP contribution in [0.4, 0.5) is 0 Å². The lowest BCUT2D eigenvalue weighted by molar-refractivity contribution is -0.138. The van der Waals surface area contributed by atoms with E-state index in [1.807, 2.05) is 6.20 Å². The van der Waals surface area contributed by atoms with E-state index in [0.29, 0.717) is 11.3 Å². The molecule has 1 spiro atoms. The second-order valence-corrected chi connectivity index (χ2v) is 6.20. The molecule has 5 nitrogen and oxygen atoms in total. The molecule has 20 heavy (non-hydrogen) atoms. The fourth-order valence-electron chi connectivity index (χ4n) is 3.54. The van der Waals surface area contributed by atoms with Gasteiger partial charge in [0.15, 0.2) is 0 Å². The molecule has 2 aliphatic heterocycles. The zero-order valence-electron chi connectivity index (χ0n) is 12.0. The third kappa shape index (κ3) is 3.03. The fraction of sp³-hybridized carbons (Fsp3) is 0.733. The first-order chi connectivity index (χ1) is 9.77. The number of nitrogens with one attached hydrogen (secondary N) is 2. The van der Waals surface area contributed by atoms with Crippen molar-refractivity contribution in [3.05, 3.63) is 18.2 Å². The molecule has 0 aromatic carbocycles. The number of piperidine rings is 2.